The Morgan fingerprint density at radius 2 is 1.14 bits per heavy atom. The Kier molecular flexibility index (Phi) is 10.4. The minimum Gasteiger partial charge on any atom is -0.298 e. The Hall–Kier alpha value is -1.67. The van der Waals surface area contributed by atoms with Crippen molar-refractivity contribution < 1.29 is 4.79 Å². The Morgan fingerprint density at radius 3 is 1.66 bits per heavy atom. The molecule has 192 valence electrons. The molecule has 2 aromatic rings. The summed E-state index contributed by atoms with van der Waals surface area (Å²) in [5.41, 5.74) is 6.71. The molecule has 2 heteroatoms. The van der Waals surface area contributed by atoms with Gasteiger partial charge in [0, 0.05) is 11.0 Å². The zero-order valence-electron chi connectivity index (χ0n) is 23.3. The average Bonchev–Trinajstić information content (AvgIpc) is 3.11. The van der Waals surface area contributed by atoms with Crippen molar-refractivity contribution in [3.8, 4) is 11.1 Å². The van der Waals surface area contributed by atoms with Gasteiger partial charge in [-0.05, 0) is 41.2 Å². The molecular weight excluding hydrogens is 440 g/mol. The molecule has 0 atom stereocenters. The van der Waals surface area contributed by atoms with Gasteiger partial charge < -0.3 is 0 Å². The van der Waals surface area contributed by atoms with Gasteiger partial charge in [0.2, 0.25) is 0 Å². The Balaban J connectivity index is 1.98. The Bertz CT molecular complexity index is 936. The fraction of sp³-hybridized carbons (Fsp3) is 0.606. The predicted molar refractivity (Wildman–Crippen MR) is 157 cm³/mol. The molecule has 1 aliphatic carbocycles. The van der Waals surface area contributed by atoms with Crippen LogP contribution in [0.3, 0.4) is 0 Å². The van der Waals surface area contributed by atoms with Crippen LogP contribution >= 0.6 is 0 Å². The molecule has 0 N–H and O–H groups in total. The Labute approximate surface area is 217 Å². The maximum absolute atomic E-state index is 11.8. The van der Waals surface area contributed by atoms with Crippen molar-refractivity contribution in [1.82, 2.24) is 0 Å². The molecule has 0 saturated heterocycles. The van der Waals surface area contributed by atoms with E-state index < -0.39 is 8.07 Å². The van der Waals surface area contributed by atoms with Gasteiger partial charge in [0.25, 0.3) is 0 Å². The molecule has 1 aliphatic rings. The van der Waals surface area contributed by atoms with E-state index in [1.54, 1.807) is 10.8 Å². The number of hydrogen-bond donors (Lipinski definition) is 0. The van der Waals surface area contributed by atoms with Gasteiger partial charge >= 0.3 is 0 Å². The minimum atomic E-state index is -1.42. The van der Waals surface area contributed by atoms with Crippen LogP contribution in [0, 0.1) is 0 Å². The van der Waals surface area contributed by atoms with Gasteiger partial charge in [-0.25, -0.2) is 0 Å². The first-order valence-corrected chi connectivity index (χ1v) is 18.1. The van der Waals surface area contributed by atoms with Crippen molar-refractivity contribution in [3.05, 3.63) is 53.1 Å². The topological polar surface area (TPSA) is 17.1 Å². The van der Waals surface area contributed by atoms with E-state index in [4.69, 9.17) is 0 Å². The highest BCUT2D eigenvalue weighted by Gasteiger charge is 2.42. The fourth-order valence-corrected chi connectivity index (χ4v) is 7.29. The molecule has 35 heavy (non-hydrogen) atoms. The summed E-state index contributed by atoms with van der Waals surface area (Å²) in [5.74, 6) is 0. The van der Waals surface area contributed by atoms with Crippen LogP contribution in [0.4, 0.5) is 0 Å². The summed E-state index contributed by atoms with van der Waals surface area (Å²) >= 11 is 0. The number of carbonyl (C=O) groups is 1. The molecule has 0 fully saturated rings. The summed E-state index contributed by atoms with van der Waals surface area (Å²) in [6, 6.07) is 13.9. The van der Waals surface area contributed by atoms with Gasteiger partial charge in [0.05, 0.1) is 8.07 Å². The fourth-order valence-electron chi connectivity index (χ4n) is 6.13. The molecule has 0 spiro atoms. The van der Waals surface area contributed by atoms with Crippen molar-refractivity contribution in [2.45, 2.75) is 129 Å². The Morgan fingerprint density at radius 1 is 0.657 bits per heavy atom. The normalized spacial score (nSPS) is 14.1. The highest BCUT2D eigenvalue weighted by atomic mass is 28.3. The van der Waals surface area contributed by atoms with Crippen LogP contribution in [0.25, 0.3) is 11.1 Å². The third-order valence-electron chi connectivity index (χ3n) is 8.30. The second kappa shape index (κ2) is 13.0. The van der Waals surface area contributed by atoms with E-state index in [1.807, 2.05) is 6.07 Å². The largest absolute Gasteiger partial charge is 0.298 e. The first-order valence-electron chi connectivity index (χ1n) is 14.6. The molecule has 3 rings (SSSR count). The summed E-state index contributed by atoms with van der Waals surface area (Å²) in [7, 11) is -1.42. The van der Waals surface area contributed by atoms with Crippen LogP contribution in [0.2, 0.25) is 19.6 Å². The van der Waals surface area contributed by atoms with Crippen LogP contribution in [0.5, 0.6) is 0 Å². The van der Waals surface area contributed by atoms with E-state index in [-0.39, 0.29) is 5.41 Å². The first-order chi connectivity index (χ1) is 16.9. The first kappa shape index (κ1) is 27.9. The molecule has 0 saturated carbocycles. The van der Waals surface area contributed by atoms with Crippen molar-refractivity contribution in [3.63, 3.8) is 0 Å². The van der Waals surface area contributed by atoms with Crippen molar-refractivity contribution in [1.29, 1.82) is 0 Å². The molecule has 0 aromatic heterocycles. The second-order valence-electron chi connectivity index (χ2n) is 12.1. The summed E-state index contributed by atoms with van der Waals surface area (Å²) in [4.78, 5) is 11.8. The lowest BCUT2D eigenvalue weighted by Gasteiger charge is -2.34. The van der Waals surface area contributed by atoms with Gasteiger partial charge in [-0.15, -0.1) is 0 Å². The summed E-state index contributed by atoms with van der Waals surface area (Å²) < 4.78 is 0. The van der Waals surface area contributed by atoms with E-state index >= 15 is 0 Å². The number of fused-ring (bicyclic) bond motifs is 3. The van der Waals surface area contributed by atoms with Crippen molar-refractivity contribution in [2.24, 2.45) is 0 Å². The van der Waals surface area contributed by atoms with Crippen LogP contribution in [0.1, 0.15) is 125 Å². The standard InChI is InChI=1S/C33H50OSi/c1-6-8-10-12-14-16-22-33(23-17-15-13-11-9-7-2)31-24-27(26-34)18-20-29(31)30-21-19-28(25-32(30)33)35(3,4)5/h18-21,24-26H,6-17,22-23H2,1-5H3. The molecule has 1 nitrogen and oxygen atoms in total. The summed E-state index contributed by atoms with van der Waals surface area (Å²) in [6.45, 7) is 12.0. The second-order valence-corrected chi connectivity index (χ2v) is 17.1. The lowest BCUT2D eigenvalue weighted by atomic mass is 9.70. The monoisotopic (exact) mass is 490 g/mol. The van der Waals surface area contributed by atoms with Crippen molar-refractivity contribution >= 4 is 19.5 Å². The highest BCUT2D eigenvalue weighted by molar-refractivity contribution is 6.88. The summed E-state index contributed by atoms with van der Waals surface area (Å²) in [6.07, 6.45) is 19.4. The number of carbonyl (C=O) groups excluding carboxylic acids is 1. The van der Waals surface area contributed by atoms with E-state index in [0.717, 1.165) is 11.8 Å². The van der Waals surface area contributed by atoms with Gasteiger partial charge in [-0.2, -0.15) is 0 Å². The van der Waals surface area contributed by atoms with E-state index in [9.17, 15) is 4.79 Å². The number of rotatable bonds is 16. The third kappa shape index (κ3) is 6.76. The molecule has 0 bridgehead atoms. The van der Waals surface area contributed by atoms with Crippen LogP contribution in [0.15, 0.2) is 36.4 Å². The van der Waals surface area contributed by atoms with Gasteiger partial charge in [0.1, 0.15) is 6.29 Å². The molecular formula is C33H50OSi. The molecule has 0 amide bonds. The quantitative estimate of drug-likeness (QED) is 0.130. The SMILES string of the molecule is CCCCCCCCC1(CCCCCCCC)c2cc(C=O)ccc2-c2ccc([Si](C)(C)C)cc21. The lowest BCUT2D eigenvalue weighted by molar-refractivity contribution is 0.112. The maximum atomic E-state index is 11.8. The van der Waals surface area contributed by atoms with Crippen LogP contribution < -0.4 is 5.19 Å². The molecule has 0 aliphatic heterocycles. The average molecular weight is 491 g/mol. The molecule has 0 unspecified atom stereocenters. The smallest absolute Gasteiger partial charge is 0.150 e. The number of hydrogen-bond acceptors (Lipinski definition) is 1. The highest BCUT2D eigenvalue weighted by Crippen LogP contribution is 2.54. The zero-order chi connectivity index (χ0) is 25.3. The molecule has 2 aromatic carbocycles. The summed E-state index contributed by atoms with van der Waals surface area (Å²) in [5, 5.41) is 1.56. The number of benzene rings is 2. The van der Waals surface area contributed by atoms with Crippen LogP contribution in [-0.4, -0.2) is 14.4 Å². The van der Waals surface area contributed by atoms with Gasteiger partial charge in [-0.3, -0.25) is 4.79 Å². The molecule has 0 heterocycles. The third-order valence-corrected chi connectivity index (χ3v) is 10.3. The minimum absolute atomic E-state index is 0.0643. The predicted octanol–water partition coefficient (Wildman–Crippen LogP) is 9.81. The van der Waals surface area contributed by atoms with Gasteiger partial charge in [-0.1, -0.05) is 146 Å². The molecule has 0 radical (unpaired) electrons. The lowest BCUT2D eigenvalue weighted by Crippen LogP contribution is -2.38. The van der Waals surface area contributed by atoms with Crippen LogP contribution in [-0.2, 0) is 5.41 Å². The number of unbranched alkanes of at least 4 members (excludes halogenated alkanes) is 10. The maximum Gasteiger partial charge on any atom is 0.150 e. The van der Waals surface area contributed by atoms with Gasteiger partial charge in [0.15, 0.2) is 0 Å². The van der Waals surface area contributed by atoms with E-state index in [2.05, 4.69) is 63.8 Å². The zero-order valence-corrected chi connectivity index (χ0v) is 24.3. The van der Waals surface area contributed by atoms with E-state index in [1.165, 1.54) is 107 Å². The number of aldehydes is 1. The van der Waals surface area contributed by atoms with Crippen molar-refractivity contribution in [2.75, 3.05) is 0 Å². The van der Waals surface area contributed by atoms with E-state index in [0.29, 0.717) is 0 Å².